The first-order valence-electron chi connectivity index (χ1n) is 11.4. The largest absolute Gasteiger partial charge is 0.511 e. The average Bonchev–Trinajstić information content (AvgIpc) is 2.78. The molecule has 1 aromatic heterocycles. The Labute approximate surface area is 205 Å². The molecule has 10 heteroatoms. The van der Waals surface area contributed by atoms with Crippen molar-refractivity contribution in [3.8, 4) is 16.9 Å². The van der Waals surface area contributed by atoms with E-state index in [1.54, 1.807) is 24.4 Å². The summed E-state index contributed by atoms with van der Waals surface area (Å²) in [6.07, 6.45) is 2.05. The van der Waals surface area contributed by atoms with Crippen molar-refractivity contribution in [2.45, 2.75) is 26.2 Å². The summed E-state index contributed by atoms with van der Waals surface area (Å²) in [5.41, 5.74) is 6.82. The van der Waals surface area contributed by atoms with E-state index in [1.807, 2.05) is 0 Å². The first-order valence-corrected chi connectivity index (χ1v) is 11.4. The highest BCUT2D eigenvalue weighted by molar-refractivity contribution is 6.21. The SMILES string of the molecule is CC(=O)Nc1ccc(-c2ccc(O)c3c2CC2CC4CC(=O)C(C(N)=O)=C(O)C4C(=O)C2=C3O)cn1. The number of hydrogen-bond acceptors (Lipinski definition) is 8. The number of fused-ring (bicyclic) bond motifs is 3. The Bertz CT molecular complexity index is 1420. The van der Waals surface area contributed by atoms with Crippen molar-refractivity contribution in [2.24, 2.45) is 23.5 Å². The zero-order valence-corrected chi connectivity index (χ0v) is 19.2. The number of Topliss-reactive ketones (excluding diaryl/α,β-unsaturated/α-hetero) is 2. The number of pyridine rings is 1. The molecule has 36 heavy (non-hydrogen) atoms. The number of hydrogen-bond donors (Lipinski definition) is 5. The highest BCUT2D eigenvalue weighted by Crippen LogP contribution is 2.51. The Morgan fingerprint density at radius 2 is 1.83 bits per heavy atom. The van der Waals surface area contributed by atoms with Crippen molar-refractivity contribution in [1.29, 1.82) is 0 Å². The first kappa shape index (κ1) is 23.3. The molecule has 2 aromatic rings. The van der Waals surface area contributed by atoms with Crippen molar-refractivity contribution in [3.05, 3.63) is 58.5 Å². The van der Waals surface area contributed by atoms with Crippen molar-refractivity contribution in [1.82, 2.24) is 4.98 Å². The number of phenolic OH excluding ortho intramolecular Hbond substituents is 1. The summed E-state index contributed by atoms with van der Waals surface area (Å²) >= 11 is 0. The van der Waals surface area contributed by atoms with Gasteiger partial charge in [0.2, 0.25) is 5.91 Å². The molecule has 1 saturated carbocycles. The molecule has 3 aliphatic rings. The van der Waals surface area contributed by atoms with Crippen LogP contribution >= 0.6 is 0 Å². The molecule has 0 aliphatic heterocycles. The summed E-state index contributed by atoms with van der Waals surface area (Å²) in [7, 11) is 0. The Morgan fingerprint density at radius 3 is 2.47 bits per heavy atom. The van der Waals surface area contributed by atoms with Gasteiger partial charge in [-0.05, 0) is 54.0 Å². The van der Waals surface area contributed by atoms with Crippen LogP contribution in [0.2, 0.25) is 0 Å². The molecule has 3 aliphatic carbocycles. The van der Waals surface area contributed by atoms with E-state index in [2.05, 4.69) is 10.3 Å². The molecule has 0 saturated heterocycles. The van der Waals surface area contributed by atoms with Crippen molar-refractivity contribution >= 4 is 35.0 Å². The van der Waals surface area contributed by atoms with E-state index < -0.39 is 52.3 Å². The number of phenols is 1. The molecule has 1 heterocycles. The minimum atomic E-state index is -1.16. The Hall–Kier alpha value is -4.47. The van der Waals surface area contributed by atoms with E-state index >= 15 is 0 Å². The van der Waals surface area contributed by atoms with E-state index in [4.69, 9.17) is 5.73 Å². The Balaban J connectivity index is 1.61. The fourth-order valence-corrected chi connectivity index (χ4v) is 5.72. The number of ketones is 2. The minimum Gasteiger partial charge on any atom is -0.511 e. The molecule has 1 fully saturated rings. The maximum atomic E-state index is 13.5. The van der Waals surface area contributed by atoms with Crippen LogP contribution in [-0.2, 0) is 25.6 Å². The van der Waals surface area contributed by atoms with Gasteiger partial charge in [0.25, 0.3) is 5.91 Å². The van der Waals surface area contributed by atoms with Gasteiger partial charge in [0.05, 0.1) is 11.5 Å². The predicted octanol–water partition coefficient (Wildman–Crippen LogP) is 2.33. The van der Waals surface area contributed by atoms with Crippen molar-refractivity contribution < 1.29 is 34.5 Å². The van der Waals surface area contributed by atoms with Gasteiger partial charge in [0.1, 0.15) is 28.7 Å². The smallest absolute Gasteiger partial charge is 0.255 e. The highest BCUT2D eigenvalue weighted by Gasteiger charge is 2.51. The molecule has 2 amide bonds. The lowest BCUT2D eigenvalue weighted by molar-refractivity contribution is -0.127. The van der Waals surface area contributed by atoms with Crippen molar-refractivity contribution in [2.75, 3.05) is 5.32 Å². The van der Waals surface area contributed by atoms with Gasteiger partial charge in [-0.15, -0.1) is 0 Å². The number of aliphatic hydroxyl groups excluding tert-OH is 2. The molecule has 0 bridgehead atoms. The summed E-state index contributed by atoms with van der Waals surface area (Å²) in [6.45, 7) is 1.37. The fourth-order valence-electron chi connectivity index (χ4n) is 5.72. The molecule has 0 radical (unpaired) electrons. The van der Waals surface area contributed by atoms with Crippen LogP contribution in [0.5, 0.6) is 5.75 Å². The Kier molecular flexibility index (Phi) is 5.39. The van der Waals surface area contributed by atoms with E-state index in [-0.39, 0.29) is 29.2 Å². The number of aromatic nitrogens is 1. The summed E-state index contributed by atoms with van der Waals surface area (Å²) in [4.78, 5) is 53.2. The van der Waals surface area contributed by atoms with Crippen LogP contribution in [0.3, 0.4) is 0 Å². The second-order valence-corrected chi connectivity index (χ2v) is 9.35. The molecular formula is C26H23N3O7. The topological polar surface area (TPSA) is 180 Å². The number of allylic oxidation sites excluding steroid dienone is 2. The summed E-state index contributed by atoms with van der Waals surface area (Å²) < 4.78 is 0. The second kappa shape index (κ2) is 8.33. The van der Waals surface area contributed by atoms with Crippen LogP contribution in [-0.4, -0.2) is 43.7 Å². The number of carbonyl (C=O) groups excluding carboxylic acids is 4. The number of rotatable bonds is 3. The van der Waals surface area contributed by atoms with Gasteiger partial charge in [0.15, 0.2) is 11.6 Å². The van der Waals surface area contributed by atoms with Gasteiger partial charge in [-0.1, -0.05) is 6.07 Å². The summed E-state index contributed by atoms with van der Waals surface area (Å²) in [6, 6.07) is 6.47. The summed E-state index contributed by atoms with van der Waals surface area (Å²) in [5, 5.41) is 35.0. The molecule has 3 atom stereocenters. The van der Waals surface area contributed by atoms with E-state index in [0.29, 0.717) is 35.3 Å². The fraction of sp³-hybridized carbons (Fsp3) is 0.269. The van der Waals surface area contributed by atoms with Gasteiger partial charge in [-0.25, -0.2) is 4.98 Å². The zero-order chi connectivity index (χ0) is 25.9. The number of nitrogens with two attached hydrogens (primary N) is 1. The van der Waals surface area contributed by atoms with Crippen LogP contribution in [0.1, 0.15) is 30.9 Å². The van der Waals surface area contributed by atoms with Gasteiger partial charge >= 0.3 is 0 Å². The molecular weight excluding hydrogens is 466 g/mol. The third-order valence-electron chi connectivity index (χ3n) is 7.15. The van der Waals surface area contributed by atoms with Crippen molar-refractivity contribution in [3.63, 3.8) is 0 Å². The van der Waals surface area contributed by atoms with Crippen LogP contribution in [0.15, 0.2) is 47.4 Å². The minimum absolute atomic E-state index is 0.0556. The number of aromatic hydroxyl groups is 1. The molecule has 0 spiro atoms. The predicted molar refractivity (Wildman–Crippen MR) is 127 cm³/mol. The standard InChI is InChI=1S/C26H23N3O7/c1-10(30)29-18-5-2-11(9-28-18)14-3-4-16(31)21-15(14)7-12-6-13-8-17(32)22(26(27)36)25(35)20(13)23(33)19(12)24(21)34/h2-5,9,12-13,20,31,34-35H,6-8H2,1H3,(H2,27,36)(H,28,29,30). The number of nitrogens with one attached hydrogen (secondary N) is 1. The zero-order valence-electron chi connectivity index (χ0n) is 19.2. The normalized spacial score (nSPS) is 23.1. The third kappa shape index (κ3) is 3.53. The van der Waals surface area contributed by atoms with E-state index in [1.165, 1.54) is 13.0 Å². The molecule has 6 N–H and O–H groups in total. The first-order chi connectivity index (χ1) is 17.1. The Morgan fingerprint density at radius 1 is 1.08 bits per heavy atom. The number of carbonyl (C=O) groups is 4. The average molecular weight is 489 g/mol. The molecule has 3 unspecified atom stereocenters. The molecule has 1 aromatic carbocycles. The van der Waals surface area contributed by atoms with Crippen LogP contribution in [0.25, 0.3) is 16.9 Å². The van der Waals surface area contributed by atoms with Gasteiger partial charge in [-0.3, -0.25) is 19.2 Å². The lowest BCUT2D eigenvalue weighted by Gasteiger charge is -2.41. The van der Waals surface area contributed by atoms with Gasteiger partial charge < -0.3 is 26.4 Å². The monoisotopic (exact) mass is 489 g/mol. The number of nitrogens with zero attached hydrogens (tertiary/aromatic N) is 1. The highest BCUT2D eigenvalue weighted by atomic mass is 16.3. The maximum absolute atomic E-state index is 13.5. The third-order valence-corrected chi connectivity index (χ3v) is 7.15. The maximum Gasteiger partial charge on any atom is 0.255 e. The number of aliphatic hydroxyl groups is 2. The number of benzene rings is 1. The van der Waals surface area contributed by atoms with E-state index in [0.717, 1.165) is 0 Å². The van der Waals surface area contributed by atoms with Crippen LogP contribution in [0, 0.1) is 17.8 Å². The van der Waals surface area contributed by atoms with Gasteiger partial charge in [-0.2, -0.15) is 0 Å². The number of primary amides is 1. The molecule has 10 nitrogen and oxygen atoms in total. The quantitative estimate of drug-likeness (QED) is 0.407. The second-order valence-electron chi connectivity index (χ2n) is 9.35. The van der Waals surface area contributed by atoms with Crippen LogP contribution < -0.4 is 11.1 Å². The molecule has 184 valence electrons. The molecule has 5 rings (SSSR count). The number of anilines is 1. The lowest BCUT2D eigenvalue weighted by atomic mass is 9.61. The number of amides is 2. The lowest BCUT2D eigenvalue weighted by Crippen LogP contribution is -2.44. The van der Waals surface area contributed by atoms with E-state index in [9.17, 15) is 34.5 Å². The summed E-state index contributed by atoms with van der Waals surface area (Å²) in [5.74, 6) is -5.60. The van der Waals surface area contributed by atoms with Gasteiger partial charge in [0, 0.05) is 30.7 Å². The van der Waals surface area contributed by atoms with Crippen LogP contribution in [0.4, 0.5) is 5.82 Å².